The zero-order valence-electron chi connectivity index (χ0n) is 9.48. The third-order valence-electron chi connectivity index (χ3n) is 1.94. The molecule has 0 unspecified atom stereocenters. The van der Waals surface area contributed by atoms with Gasteiger partial charge in [0.2, 0.25) is 0 Å². The summed E-state index contributed by atoms with van der Waals surface area (Å²) in [6.07, 6.45) is 3.91. The first kappa shape index (κ1) is 12.2. The van der Waals surface area contributed by atoms with E-state index in [1.54, 1.807) is 6.08 Å². The molecule has 0 aromatic heterocycles. The van der Waals surface area contributed by atoms with Gasteiger partial charge in [0.1, 0.15) is 6.61 Å². The summed E-state index contributed by atoms with van der Waals surface area (Å²) in [4.78, 5) is 11.3. The SMILES string of the molecule is C=C(C)C/C=C/C(=O)OCc1ccccc1. The summed E-state index contributed by atoms with van der Waals surface area (Å²) < 4.78 is 5.05. The van der Waals surface area contributed by atoms with Crippen molar-refractivity contribution < 1.29 is 9.53 Å². The van der Waals surface area contributed by atoms with Crippen molar-refractivity contribution in [2.75, 3.05) is 0 Å². The maximum absolute atomic E-state index is 11.3. The van der Waals surface area contributed by atoms with Gasteiger partial charge in [0.05, 0.1) is 0 Å². The summed E-state index contributed by atoms with van der Waals surface area (Å²) in [6, 6.07) is 9.61. The van der Waals surface area contributed by atoms with Gasteiger partial charge in [0.25, 0.3) is 0 Å². The summed E-state index contributed by atoms with van der Waals surface area (Å²) in [5.41, 5.74) is 2.01. The Morgan fingerprint density at radius 1 is 1.38 bits per heavy atom. The third-order valence-corrected chi connectivity index (χ3v) is 1.94. The molecule has 1 aromatic rings. The normalized spacial score (nSPS) is 10.3. The molecule has 0 amide bonds. The second kappa shape index (κ2) is 6.62. The molecule has 0 bridgehead atoms. The Bertz CT molecular complexity index is 377. The molecule has 0 spiro atoms. The van der Waals surface area contributed by atoms with Crippen molar-refractivity contribution in [3.8, 4) is 0 Å². The first-order valence-corrected chi connectivity index (χ1v) is 5.20. The average Bonchev–Trinajstić information content (AvgIpc) is 2.27. The van der Waals surface area contributed by atoms with Crippen LogP contribution >= 0.6 is 0 Å². The van der Waals surface area contributed by atoms with E-state index in [0.717, 1.165) is 11.1 Å². The third kappa shape index (κ3) is 5.15. The summed E-state index contributed by atoms with van der Waals surface area (Å²) in [5.74, 6) is -0.315. The van der Waals surface area contributed by atoms with Gasteiger partial charge in [-0.2, -0.15) is 0 Å². The van der Waals surface area contributed by atoms with Gasteiger partial charge in [-0.25, -0.2) is 4.79 Å². The molecule has 0 saturated heterocycles. The predicted octanol–water partition coefficient (Wildman–Crippen LogP) is 3.25. The highest BCUT2D eigenvalue weighted by molar-refractivity contribution is 5.81. The van der Waals surface area contributed by atoms with E-state index in [-0.39, 0.29) is 5.97 Å². The Morgan fingerprint density at radius 3 is 2.69 bits per heavy atom. The van der Waals surface area contributed by atoms with Crippen LogP contribution in [-0.2, 0) is 16.1 Å². The fourth-order valence-corrected chi connectivity index (χ4v) is 1.13. The largest absolute Gasteiger partial charge is 0.458 e. The maximum Gasteiger partial charge on any atom is 0.330 e. The van der Waals surface area contributed by atoms with Crippen LogP contribution < -0.4 is 0 Å². The lowest BCUT2D eigenvalue weighted by molar-refractivity contribution is -0.139. The van der Waals surface area contributed by atoms with E-state index in [9.17, 15) is 4.79 Å². The lowest BCUT2D eigenvalue weighted by Gasteiger charge is -2.01. The van der Waals surface area contributed by atoms with Gasteiger partial charge in [-0.1, -0.05) is 48.6 Å². The first-order chi connectivity index (χ1) is 7.68. The van der Waals surface area contributed by atoms with Crippen LogP contribution in [0.5, 0.6) is 0 Å². The maximum atomic E-state index is 11.3. The molecule has 0 fully saturated rings. The molecule has 0 N–H and O–H groups in total. The van der Waals surface area contributed by atoms with Gasteiger partial charge >= 0.3 is 5.97 Å². The Kier molecular flexibility index (Phi) is 5.06. The van der Waals surface area contributed by atoms with E-state index in [1.165, 1.54) is 6.08 Å². The number of rotatable bonds is 5. The first-order valence-electron chi connectivity index (χ1n) is 5.20. The van der Waals surface area contributed by atoms with Crippen LogP contribution in [0.2, 0.25) is 0 Å². The topological polar surface area (TPSA) is 26.3 Å². The molecule has 0 atom stereocenters. The lowest BCUT2D eigenvalue weighted by Crippen LogP contribution is -2.00. The van der Waals surface area contributed by atoms with E-state index < -0.39 is 0 Å². The smallest absolute Gasteiger partial charge is 0.330 e. The van der Waals surface area contributed by atoms with E-state index >= 15 is 0 Å². The molecule has 0 aliphatic carbocycles. The van der Waals surface area contributed by atoms with Crippen molar-refractivity contribution in [1.29, 1.82) is 0 Å². The Morgan fingerprint density at radius 2 is 2.06 bits per heavy atom. The molecule has 0 heterocycles. The van der Waals surface area contributed by atoms with E-state index in [2.05, 4.69) is 6.58 Å². The standard InChI is InChI=1S/C14H16O2/c1-12(2)7-6-10-14(15)16-11-13-8-4-3-5-9-13/h3-6,8-10H,1,7,11H2,2H3/b10-6+. The van der Waals surface area contributed by atoms with Crippen molar-refractivity contribution in [2.45, 2.75) is 20.0 Å². The van der Waals surface area contributed by atoms with E-state index in [4.69, 9.17) is 4.74 Å². The molecule has 1 aromatic carbocycles. The molecule has 0 aliphatic rings. The summed E-state index contributed by atoms with van der Waals surface area (Å²) in [5, 5.41) is 0. The van der Waals surface area contributed by atoms with Crippen LogP contribution in [0.3, 0.4) is 0 Å². The molecular formula is C14H16O2. The van der Waals surface area contributed by atoms with E-state index in [1.807, 2.05) is 37.3 Å². The number of ether oxygens (including phenoxy) is 1. The molecule has 84 valence electrons. The molecule has 16 heavy (non-hydrogen) atoms. The van der Waals surface area contributed by atoms with Crippen LogP contribution in [0.4, 0.5) is 0 Å². The van der Waals surface area contributed by atoms with Crippen molar-refractivity contribution in [3.63, 3.8) is 0 Å². The van der Waals surface area contributed by atoms with Gasteiger partial charge < -0.3 is 4.74 Å². The fraction of sp³-hybridized carbons (Fsp3) is 0.214. The molecule has 2 nitrogen and oxygen atoms in total. The number of hydrogen-bond acceptors (Lipinski definition) is 2. The number of benzene rings is 1. The second-order valence-corrected chi connectivity index (χ2v) is 3.66. The lowest BCUT2D eigenvalue weighted by atomic mass is 10.2. The van der Waals surface area contributed by atoms with Crippen molar-refractivity contribution in [2.24, 2.45) is 0 Å². The number of carbonyl (C=O) groups excluding carboxylic acids is 1. The molecule has 2 heteroatoms. The number of hydrogen-bond donors (Lipinski definition) is 0. The van der Waals surface area contributed by atoms with Crippen LogP contribution in [0, 0.1) is 0 Å². The number of carbonyl (C=O) groups is 1. The van der Waals surface area contributed by atoms with Gasteiger partial charge in [-0.05, 0) is 18.9 Å². The quantitative estimate of drug-likeness (QED) is 0.429. The number of allylic oxidation sites excluding steroid dienone is 2. The van der Waals surface area contributed by atoms with E-state index in [0.29, 0.717) is 13.0 Å². The zero-order valence-corrected chi connectivity index (χ0v) is 9.48. The molecular weight excluding hydrogens is 200 g/mol. The summed E-state index contributed by atoms with van der Waals surface area (Å²) >= 11 is 0. The van der Waals surface area contributed by atoms with Gasteiger partial charge in [-0.3, -0.25) is 0 Å². The average molecular weight is 216 g/mol. The van der Waals surface area contributed by atoms with Gasteiger partial charge in [0, 0.05) is 6.08 Å². The summed E-state index contributed by atoms with van der Waals surface area (Å²) in [7, 11) is 0. The van der Waals surface area contributed by atoms with Crippen molar-refractivity contribution in [3.05, 3.63) is 60.2 Å². The molecule has 0 radical (unpaired) electrons. The highest BCUT2D eigenvalue weighted by atomic mass is 16.5. The number of esters is 1. The van der Waals surface area contributed by atoms with Crippen molar-refractivity contribution in [1.82, 2.24) is 0 Å². The van der Waals surface area contributed by atoms with Crippen LogP contribution in [0.25, 0.3) is 0 Å². The predicted molar refractivity (Wildman–Crippen MR) is 64.8 cm³/mol. The van der Waals surface area contributed by atoms with Crippen LogP contribution in [0.1, 0.15) is 18.9 Å². The Balaban J connectivity index is 2.30. The Labute approximate surface area is 96.2 Å². The minimum absolute atomic E-state index is 0.315. The minimum Gasteiger partial charge on any atom is -0.458 e. The highest BCUT2D eigenvalue weighted by Crippen LogP contribution is 2.01. The highest BCUT2D eigenvalue weighted by Gasteiger charge is 1.97. The Hall–Kier alpha value is -1.83. The van der Waals surface area contributed by atoms with Gasteiger partial charge in [-0.15, -0.1) is 0 Å². The second-order valence-electron chi connectivity index (χ2n) is 3.66. The molecule has 0 saturated carbocycles. The fourth-order valence-electron chi connectivity index (χ4n) is 1.13. The van der Waals surface area contributed by atoms with Gasteiger partial charge in [0.15, 0.2) is 0 Å². The minimum atomic E-state index is -0.315. The molecule has 0 aliphatic heterocycles. The monoisotopic (exact) mass is 216 g/mol. The van der Waals surface area contributed by atoms with Crippen LogP contribution in [0.15, 0.2) is 54.6 Å². The summed E-state index contributed by atoms with van der Waals surface area (Å²) in [6.45, 7) is 5.98. The van der Waals surface area contributed by atoms with Crippen LogP contribution in [-0.4, -0.2) is 5.97 Å². The van der Waals surface area contributed by atoms with Crippen molar-refractivity contribution >= 4 is 5.97 Å². The zero-order chi connectivity index (χ0) is 11.8. The molecule has 1 rings (SSSR count).